The van der Waals surface area contributed by atoms with Gasteiger partial charge in [-0.25, -0.2) is 0 Å². The molecule has 0 aliphatic carbocycles. The molecule has 0 bridgehead atoms. The third-order valence-electron chi connectivity index (χ3n) is 3.29. The minimum atomic E-state index is -0.940. The molecule has 1 rings (SSSR count). The average Bonchev–Trinajstić information content (AvgIpc) is 2.46. The van der Waals surface area contributed by atoms with Gasteiger partial charge in [-0.15, -0.1) is 0 Å². The molecule has 0 radical (unpaired) electrons. The van der Waals surface area contributed by atoms with Crippen LogP contribution in [0.1, 0.15) is 12.0 Å². The number of carboxylic acids is 1. The summed E-state index contributed by atoms with van der Waals surface area (Å²) >= 11 is 0. The molecule has 1 atom stereocenters. The van der Waals surface area contributed by atoms with Crippen LogP contribution in [-0.4, -0.2) is 60.7 Å². The Labute approximate surface area is 129 Å². The van der Waals surface area contributed by atoms with Crippen molar-refractivity contribution in [1.82, 2.24) is 0 Å². The number of aliphatic carboxylic acids is 1. The van der Waals surface area contributed by atoms with E-state index in [1.165, 1.54) is 0 Å². The first-order valence-corrected chi connectivity index (χ1v) is 7.12. The fourth-order valence-electron chi connectivity index (χ4n) is 2.31. The lowest BCUT2D eigenvalue weighted by atomic mass is 10.0. The molecule has 22 heavy (non-hydrogen) atoms. The average molecular weight is 312 g/mol. The fourth-order valence-corrected chi connectivity index (χ4v) is 2.31. The van der Waals surface area contributed by atoms with Crippen LogP contribution in [0.5, 0.6) is 5.75 Å². The number of nitrogens with zero attached hydrogens (tertiary/aromatic N) is 1. The van der Waals surface area contributed by atoms with Crippen molar-refractivity contribution < 1.29 is 24.9 Å². The van der Waals surface area contributed by atoms with E-state index in [2.05, 4.69) is 0 Å². The van der Waals surface area contributed by atoms with Crippen molar-refractivity contribution in [2.24, 2.45) is 5.73 Å². The highest BCUT2D eigenvalue weighted by atomic mass is 16.5. The Bertz CT molecular complexity index is 475. The largest absolute Gasteiger partial charge is 0.496 e. The maximum absolute atomic E-state index is 10.7. The van der Waals surface area contributed by atoms with Crippen molar-refractivity contribution in [3.8, 4) is 5.75 Å². The zero-order chi connectivity index (χ0) is 16.5. The van der Waals surface area contributed by atoms with Crippen LogP contribution in [0.25, 0.3) is 0 Å². The van der Waals surface area contributed by atoms with Gasteiger partial charge in [-0.2, -0.15) is 0 Å². The van der Waals surface area contributed by atoms with Crippen LogP contribution in [0.4, 0.5) is 5.69 Å². The number of nitrogens with two attached hydrogens (primary N) is 1. The monoisotopic (exact) mass is 312 g/mol. The standard InChI is InChI=1S/C15H24N2O5/c1-22-14-3-2-13(17(4-6-18)5-7-19)9-11(14)8-12(16)10-15(20)21/h2-3,9,12,18-19H,4-8,10,16H2,1H3,(H,20,21)/t12-/m0/s1. The van der Waals surface area contributed by atoms with Crippen molar-refractivity contribution in [2.45, 2.75) is 18.9 Å². The predicted molar refractivity (Wildman–Crippen MR) is 83.3 cm³/mol. The van der Waals surface area contributed by atoms with E-state index in [4.69, 9.17) is 25.8 Å². The summed E-state index contributed by atoms with van der Waals surface area (Å²) < 4.78 is 5.29. The fraction of sp³-hybridized carbons (Fsp3) is 0.533. The first kappa shape index (κ1) is 18.2. The quantitative estimate of drug-likeness (QED) is 0.474. The summed E-state index contributed by atoms with van der Waals surface area (Å²) in [6.45, 7) is 0.737. The summed E-state index contributed by atoms with van der Waals surface area (Å²) in [6.07, 6.45) is 0.250. The number of hydrogen-bond acceptors (Lipinski definition) is 6. The third kappa shape index (κ3) is 5.51. The van der Waals surface area contributed by atoms with Gasteiger partial charge in [0.2, 0.25) is 0 Å². The Hall–Kier alpha value is -1.83. The van der Waals surface area contributed by atoms with Gasteiger partial charge < -0.3 is 30.7 Å². The molecule has 0 heterocycles. The number of carbonyl (C=O) groups is 1. The second-order valence-corrected chi connectivity index (χ2v) is 4.99. The van der Waals surface area contributed by atoms with Crippen LogP contribution in [0.3, 0.4) is 0 Å². The maximum Gasteiger partial charge on any atom is 0.304 e. The van der Waals surface area contributed by atoms with Crippen LogP contribution in [0.15, 0.2) is 18.2 Å². The van der Waals surface area contributed by atoms with Gasteiger partial charge in [0.1, 0.15) is 5.75 Å². The third-order valence-corrected chi connectivity index (χ3v) is 3.29. The molecule has 1 aromatic carbocycles. The minimum Gasteiger partial charge on any atom is -0.496 e. The van der Waals surface area contributed by atoms with Crippen molar-refractivity contribution in [1.29, 1.82) is 0 Å². The summed E-state index contributed by atoms with van der Waals surface area (Å²) in [5.41, 5.74) is 7.47. The summed E-state index contributed by atoms with van der Waals surface area (Å²) in [4.78, 5) is 12.6. The molecule has 0 aliphatic rings. The number of ether oxygens (including phenoxy) is 1. The molecule has 0 saturated carbocycles. The van der Waals surface area contributed by atoms with Gasteiger partial charge in [0, 0.05) is 24.8 Å². The van der Waals surface area contributed by atoms with Crippen molar-refractivity contribution >= 4 is 11.7 Å². The predicted octanol–water partition coefficient (Wildman–Crippen LogP) is -0.169. The van der Waals surface area contributed by atoms with Gasteiger partial charge in [0.25, 0.3) is 0 Å². The lowest BCUT2D eigenvalue weighted by Crippen LogP contribution is -2.30. The summed E-state index contributed by atoms with van der Waals surface area (Å²) in [5.74, 6) is -0.303. The molecule has 5 N–H and O–H groups in total. The highest BCUT2D eigenvalue weighted by Crippen LogP contribution is 2.26. The van der Waals surface area contributed by atoms with E-state index in [9.17, 15) is 4.79 Å². The van der Waals surface area contributed by atoms with Crippen LogP contribution in [0.2, 0.25) is 0 Å². The van der Waals surface area contributed by atoms with Crippen LogP contribution >= 0.6 is 0 Å². The number of benzene rings is 1. The second kappa shape index (κ2) is 9.24. The zero-order valence-electron chi connectivity index (χ0n) is 12.7. The molecule has 0 fully saturated rings. The number of carboxylic acid groups (broad SMARTS) is 1. The van der Waals surface area contributed by atoms with Gasteiger partial charge >= 0.3 is 5.97 Å². The van der Waals surface area contributed by atoms with E-state index in [1.54, 1.807) is 13.2 Å². The highest BCUT2D eigenvalue weighted by Gasteiger charge is 2.14. The first-order chi connectivity index (χ1) is 10.5. The van der Waals surface area contributed by atoms with Gasteiger partial charge in [0.05, 0.1) is 26.7 Å². The first-order valence-electron chi connectivity index (χ1n) is 7.12. The summed E-state index contributed by atoms with van der Waals surface area (Å²) in [7, 11) is 1.54. The molecule has 1 aromatic rings. The van der Waals surface area contributed by atoms with Crippen LogP contribution in [-0.2, 0) is 11.2 Å². The van der Waals surface area contributed by atoms with E-state index in [1.807, 2.05) is 17.0 Å². The molecule has 124 valence electrons. The van der Waals surface area contributed by atoms with E-state index in [0.717, 1.165) is 11.3 Å². The summed E-state index contributed by atoms with van der Waals surface area (Å²) in [6, 6.07) is 4.95. The Balaban J connectivity index is 2.98. The molecular formula is C15H24N2O5. The molecule has 0 amide bonds. The van der Waals surface area contributed by atoms with Crippen molar-refractivity contribution in [3.63, 3.8) is 0 Å². The van der Waals surface area contributed by atoms with Gasteiger partial charge in [-0.3, -0.25) is 4.79 Å². The van der Waals surface area contributed by atoms with Crippen molar-refractivity contribution in [3.05, 3.63) is 23.8 Å². The number of anilines is 1. The zero-order valence-corrected chi connectivity index (χ0v) is 12.7. The summed E-state index contributed by atoms with van der Waals surface area (Å²) in [5, 5.41) is 27.0. The molecule has 0 unspecified atom stereocenters. The number of hydrogen-bond donors (Lipinski definition) is 4. The number of rotatable bonds is 10. The normalized spacial score (nSPS) is 12.0. The number of methoxy groups -OCH3 is 1. The van der Waals surface area contributed by atoms with E-state index in [0.29, 0.717) is 25.3 Å². The molecule has 0 aliphatic heterocycles. The van der Waals surface area contributed by atoms with E-state index in [-0.39, 0.29) is 19.6 Å². The van der Waals surface area contributed by atoms with E-state index >= 15 is 0 Å². The Kier molecular flexibility index (Phi) is 7.65. The highest BCUT2D eigenvalue weighted by molar-refractivity contribution is 5.67. The maximum atomic E-state index is 10.7. The lowest BCUT2D eigenvalue weighted by Gasteiger charge is -2.24. The van der Waals surface area contributed by atoms with Gasteiger partial charge in [0.15, 0.2) is 0 Å². The molecular weight excluding hydrogens is 288 g/mol. The molecule has 0 aromatic heterocycles. The van der Waals surface area contributed by atoms with Gasteiger partial charge in [-0.05, 0) is 30.2 Å². The lowest BCUT2D eigenvalue weighted by molar-refractivity contribution is -0.137. The molecule has 7 nitrogen and oxygen atoms in total. The number of aliphatic hydroxyl groups is 2. The van der Waals surface area contributed by atoms with E-state index < -0.39 is 12.0 Å². The smallest absolute Gasteiger partial charge is 0.304 e. The topological polar surface area (TPSA) is 116 Å². The molecule has 0 saturated heterocycles. The Morgan fingerprint density at radius 2 is 1.95 bits per heavy atom. The Morgan fingerprint density at radius 1 is 1.32 bits per heavy atom. The SMILES string of the molecule is COc1ccc(N(CCO)CCO)cc1C[C@H](N)CC(=O)O. The van der Waals surface area contributed by atoms with Gasteiger partial charge in [-0.1, -0.05) is 0 Å². The molecule has 0 spiro atoms. The van der Waals surface area contributed by atoms with Crippen LogP contribution in [0, 0.1) is 0 Å². The minimum absolute atomic E-state index is 0.0279. The van der Waals surface area contributed by atoms with Crippen molar-refractivity contribution in [2.75, 3.05) is 38.3 Å². The van der Waals surface area contributed by atoms with Crippen LogP contribution < -0.4 is 15.4 Å². The second-order valence-electron chi connectivity index (χ2n) is 4.99. The Morgan fingerprint density at radius 3 is 2.45 bits per heavy atom. The molecule has 7 heteroatoms. The number of aliphatic hydroxyl groups excluding tert-OH is 2.